The molecule has 6 nitrogen and oxygen atoms in total. The van der Waals surface area contributed by atoms with Gasteiger partial charge in [0.05, 0.1) is 0 Å². The van der Waals surface area contributed by atoms with Gasteiger partial charge in [0.2, 0.25) is 0 Å². The number of nitrogens with one attached hydrogen (secondary N) is 2. The number of benzene rings is 2. The fourth-order valence-electron chi connectivity index (χ4n) is 2.65. The standard InChI is InChI=1S/C21H28N4O2/c1-5-25(6-2)15-16-10-12-17(13-11-16)20(26)22-23-21(27)18-8-7-9-19(14-18)24(3)4/h7-14H,5-6,15H2,1-4H3,(H,22,26)(H,23,27). The second kappa shape index (κ2) is 9.73. The van der Waals surface area contributed by atoms with Crippen LogP contribution in [0.2, 0.25) is 0 Å². The number of hydrazine groups is 1. The van der Waals surface area contributed by atoms with Crippen LogP contribution in [0, 0.1) is 0 Å². The summed E-state index contributed by atoms with van der Waals surface area (Å²) in [6.45, 7) is 7.08. The lowest BCUT2D eigenvalue weighted by Crippen LogP contribution is -2.41. The van der Waals surface area contributed by atoms with Crippen molar-refractivity contribution in [2.24, 2.45) is 0 Å². The predicted molar refractivity (Wildman–Crippen MR) is 109 cm³/mol. The number of nitrogens with zero attached hydrogens (tertiary/aromatic N) is 2. The first-order valence-electron chi connectivity index (χ1n) is 9.14. The van der Waals surface area contributed by atoms with Gasteiger partial charge in [-0.25, -0.2) is 0 Å². The Bertz CT molecular complexity index is 768. The molecule has 0 fully saturated rings. The van der Waals surface area contributed by atoms with E-state index in [0.717, 1.165) is 30.9 Å². The summed E-state index contributed by atoms with van der Waals surface area (Å²) in [6, 6.07) is 14.6. The van der Waals surface area contributed by atoms with Crippen molar-refractivity contribution < 1.29 is 9.59 Å². The molecule has 6 heteroatoms. The first-order chi connectivity index (χ1) is 12.9. The van der Waals surface area contributed by atoms with Gasteiger partial charge in [-0.2, -0.15) is 0 Å². The molecule has 0 aliphatic heterocycles. The van der Waals surface area contributed by atoms with Crippen molar-refractivity contribution in [3.63, 3.8) is 0 Å². The summed E-state index contributed by atoms with van der Waals surface area (Å²) < 4.78 is 0. The number of carbonyl (C=O) groups excluding carboxylic acids is 2. The van der Waals surface area contributed by atoms with Crippen LogP contribution in [0.15, 0.2) is 48.5 Å². The second-order valence-electron chi connectivity index (χ2n) is 6.51. The molecule has 0 aliphatic rings. The van der Waals surface area contributed by atoms with E-state index in [1.807, 2.05) is 37.2 Å². The van der Waals surface area contributed by atoms with Gasteiger partial charge >= 0.3 is 0 Å². The van der Waals surface area contributed by atoms with E-state index in [2.05, 4.69) is 29.6 Å². The quantitative estimate of drug-likeness (QED) is 0.738. The van der Waals surface area contributed by atoms with E-state index in [-0.39, 0.29) is 11.8 Å². The molecule has 0 atom stereocenters. The highest BCUT2D eigenvalue weighted by atomic mass is 16.2. The molecule has 0 saturated heterocycles. The number of carbonyl (C=O) groups is 2. The lowest BCUT2D eigenvalue weighted by atomic mass is 10.1. The van der Waals surface area contributed by atoms with Crippen LogP contribution in [0.25, 0.3) is 0 Å². The molecule has 2 amide bonds. The summed E-state index contributed by atoms with van der Waals surface area (Å²) in [6.07, 6.45) is 0. The fourth-order valence-corrected chi connectivity index (χ4v) is 2.65. The average molecular weight is 368 g/mol. The van der Waals surface area contributed by atoms with Gasteiger partial charge < -0.3 is 4.90 Å². The second-order valence-corrected chi connectivity index (χ2v) is 6.51. The van der Waals surface area contributed by atoms with Gasteiger partial charge in [0, 0.05) is 37.5 Å². The van der Waals surface area contributed by atoms with Crippen molar-refractivity contribution in [2.45, 2.75) is 20.4 Å². The highest BCUT2D eigenvalue weighted by Gasteiger charge is 2.10. The third-order valence-corrected chi connectivity index (χ3v) is 4.43. The molecule has 2 N–H and O–H groups in total. The van der Waals surface area contributed by atoms with Crippen molar-refractivity contribution in [1.82, 2.24) is 15.8 Å². The third-order valence-electron chi connectivity index (χ3n) is 4.43. The van der Waals surface area contributed by atoms with Gasteiger partial charge in [-0.05, 0) is 49.0 Å². The monoisotopic (exact) mass is 368 g/mol. The van der Waals surface area contributed by atoms with Crippen molar-refractivity contribution in [3.05, 3.63) is 65.2 Å². The third kappa shape index (κ3) is 5.82. The van der Waals surface area contributed by atoms with Crippen molar-refractivity contribution >= 4 is 17.5 Å². The van der Waals surface area contributed by atoms with E-state index in [0.29, 0.717) is 11.1 Å². The molecular formula is C21H28N4O2. The number of anilines is 1. The molecule has 0 saturated carbocycles. The zero-order valence-corrected chi connectivity index (χ0v) is 16.5. The van der Waals surface area contributed by atoms with Crippen LogP contribution in [-0.4, -0.2) is 43.9 Å². The number of hydrogen-bond acceptors (Lipinski definition) is 4. The van der Waals surface area contributed by atoms with Gasteiger partial charge in [0.25, 0.3) is 11.8 Å². The highest BCUT2D eigenvalue weighted by molar-refractivity contribution is 5.99. The Kier molecular flexibility index (Phi) is 7.37. The molecule has 2 rings (SSSR count). The maximum Gasteiger partial charge on any atom is 0.269 e. The van der Waals surface area contributed by atoms with E-state index >= 15 is 0 Å². The van der Waals surface area contributed by atoms with E-state index < -0.39 is 0 Å². The van der Waals surface area contributed by atoms with Gasteiger partial charge in [-0.1, -0.05) is 32.0 Å². The van der Waals surface area contributed by atoms with Gasteiger partial charge in [-0.3, -0.25) is 25.3 Å². The normalized spacial score (nSPS) is 10.6. The molecule has 2 aromatic carbocycles. The van der Waals surface area contributed by atoms with E-state index in [1.54, 1.807) is 30.3 Å². The molecule has 2 aromatic rings. The molecule has 0 bridgehead atoms. The predicted octanol–water partition coefficient (Wildman–Crippen LogP) is 2.67. The van der Waals surface area contributed by atoms with Crippen LogP contribution in [0.4, 0.5) is 5.69 Å². The first kappa shape index (κ1) is 20.5. The van der Waals surface area contributed by atoms with Crippen LogP contribution in [0.3, 0.4) is 0 Å². The minimum Gasteiger partial charge on any atom is -0.378 e. The minimum atomic E-state index is -0.356. The Morgan fingerprint density at radius 2 is 1.44 bits per heavy atom. The number of hydrogen-bond donors (Lipinski definition) is 2. The lowest BCUT2D eigenvalue weighted by molar-refractivity contribution is 0.0846. The Morgan fingerprint density at radius 3 is 2.00 bits per heavy atom. The molecular weight excluding hydrogens is 340 g/mol. The van der Waals surface area contributed by atoms with Crippen LogP contribution in [0.1, 0.15) is 40.1 Å². The summed E-state index contributed by atoms with van der Waals surface area (Å²) in [5, 5.41) is 0. The first-order valence-corrected chi connectivity index (χ1v) is 9.14. The topological polar surface area (TPSA) is 64.7 Å². The summed E-state index contributed by atoms with van der Waals surface area (Å²) in [5.41, 5.74) is 7.98. The summed E-state index contributed by atoms with van der Waals surface area (Å²) >= 11 is 0. The fraction of sp³-hybridized carbons (Fsp3) is 0.333. The number of rotatable bonds is 7. The van der Waals surface area contributed by atoms with Crippen LogP contribution >= 0.6 is 0 Å². The smallest absolute Gasteiger partial charge is 0.269 e. The van der Waals surface area contributed by atoms with Crippen molar-refractivity contribution in [1.29, 1.82) is 0 Å². The summed E-state index contributed by atoms with van der Waals surface area (Å²) in [4.78, 5) is 28.7. The van der Waals surface area contributed by atoms with E-state index in [4.69, 9.17) is 0 Å². The average Bonchev–Trinajstić information content (AvgIpc) is 2.70. The van der Waals surface area contributed by atoms with Gasteiger partial charge in [-0.15, -0.1) is 0 Å². The zero-order chi connectivity index (χ0) is 19.8. The van der Waals surface area contributed by atoms with Gasteiger partial charge in [0.1, 0.15) is 0 Å². The molecule has 0 unspecified atom stereocenters. The Morgan fingerprint density at radius 1 is 0.852 bits per heavy atom. The largest absolute Gasteiger partial charge is 0.378 e. The molecule has 144 valence electrons. The van der Waals surface area contributed by atoms with Gasteiger partial charge in [0.15, 0.2) is 0 Å². The SMILES string of the molecule is CCN(CC)Cc1ccc(C(=O)NNC(=O)c2cccc(N(C)C)c2)cc1. The molecule has 0 aliphatic carbocycles. The maximum atomic E-state index is 12.3. The Hall–Kier alpha value is -2.86. The highest BCUT2D eigenvalue weighted by Crippen LogP contribution is 2.13. The minimum absolute atomic E-state index is 0.346. The van der Waals surface area contributed by atoms with Crippen molar-refractivity contribution in [2.75, 3.05) is 32.1 Å². The zero-order valence-electron chi connectivity index (χ0n) is 16.5. The summed E-state index contributed by atoms with van der Waals surface area (Å²) in [5.74, 6) is -0.702. The van der Waals surface area contributed by atoms with Crippen molar-refractivity contribution in [3.8, 4) is 0 Å². The number of amides is 2. The molecule has 0 aromatic heterocycles. The molecule has 0 radical (unpaired) electrons. The van der Waals surface area contributed by atoms with Crippen LogP contribution in [0.5, 0.6) is 0 Å². The lowest BCUT2D eigenvalue weighted by Gasteiger charge is -2.18. The van der Waals surface area contributed by atoms with E-state index in [9.17, 15) is 9.59 Å². The Balaban J connectivity index is 1.93. The molecule has 0 spiro atoms. The molecule has 27 heavy (non-hydrogen) atoms. The molecule has 0 heterocycles. The van der Waals surface area contributed by atoms with Crippen LogP contribution < -0.4 is 15.8 Å². The van der Waals surface area contributed by atoms with E-state index in [1.165, 1.54) is 0 Å². The summed E-state index contributed by atoms with van der Waals surface area (Å²) in [7, 11) is 3.81. The maximum absolute atomic E-state index is 12.3. The Labute approximate surface area is 161 Å². The van der Waals surface area contributed by atoms with Crippen LogP contribution in [-0.2, 0) is 6.54 Å².